The van der Waals surface area contributed by atoms with Crippen molar-refractivity contribution >= 4 is 16.9 Å². The number of fused-ring (bicyclic) bond motifs is 1. The Bertz CT molecular complexity index is 1240. The first-order chi connectivity index (χ1) is 16.0. The maximum absolute atomic E-state index is 12.8. The summed E-state index contributed by atoms with van der Waals surface area (Å²) in [7, 11) is 0. The van der Waals surface area contributed by atoms with Crippen LogP contribution in [0.1, 0.15) is 53.1 Å². The summed E-state index contributed by atoms with van der Waals surface area (Å²) in [6.45, 7) is 7.53. The second-order valence-electron chi connectivity index (χ2n) is 8.50. The molecule has 0 aliphatic heterocycles. The van der Waals surface area contributed by atoms with Crippen LogP contribution in [0.2, 0.25) is 0 Å². The zero-order valence-corrected chi connectivity index (χ0v) is 19.5. The van der Waals surface area contributed by atoms with Crippen LogP contribution in [0.4, 0.5) is 0 Å². The Morgan fingerprint density at radius 2 is 1.79 bits per heavy atom. The minimum Gasteiger partial charge on any atom is -0.493 e. The quantitative estimate of drug-likeness (QED) is 0.324. The van der Waals surface area contributed by atoms with E-state index < -0.39 is 0 Å². The van der Waals surface area contributed by atoms with Crippen molar-refractivity contribution in [1.29, 1.82) is 0 Å². The predicted molar refractivity (Wildman–Crippen MR) is 133 cm³/mol. The maximum Gasteiger partial charge on any atom is 0.251 e. The number of nitrogens with zero attached hydrogens (tertiary/aromatic N) is 2. The van der Waals surface area contributed by atoms with Crippen LogP contribution in [0.15, 0.2) is 72.8 Å². The predicted octanol–water partition coefficient (Wildman–Crippen LogP) is 6.00. The fraction of sp³-hybridized carbons (Fsp3) is 0.286. The van der Waals surface area contributed by atoms with Gasteiger partial charge in [0.1, 0.15) is 11.6 Å². The molecule has 0 aliphatic carbocycles. The van der Waals surface area contributed by atoms with Gasteiger partial charge in [-0.3, -0.25) is 4.79 Å². The first-order valence-corrected chi connectivity index (χ1v) is 11.5. The molecule has 1 atom stereocenters. The molecule has 5 heteroatoms. The van der Waals surface area contributed by atoms with Crippen LogP contribution in [0.5, 0.6) is 5.75 Å². The second-order valence-corrected chi connectivity index (χ2v) is 8.50. The number of amides is 1. The van der Waals surface area contributed by atoms with Crippen molar-refractivity contribution in [2.75, 3.05) is 6.61 Å². The van der Waals surface area contributed by atoms with Gasteiger partial charge in [-0.2, -0.15) is 0 Å². The smallest absolute Gasteiger partial charge is 0.251 e. The number of ether oxygens (including phenoxy) is 1. The molecule has 1 N–H and O–H groups in total. The lowest BCUT2D eigenvalue weighted by atomic mass is 10.1. The Hall–Kier alpha value is -3.60. The number of imidazole rings is 1. The second kappa shape index (κ2) is 10.3. The highest BCUT2D eigenvalue weighted by molar-refractivity contribution is 5.94. The largest absolute Gasteiger partial charge is 0.493 e. The van der Waals surface area contributed by atoms with Crippen LogP contribution >= 0.6 is 0 Å². The van der Waals surface area contributed by atoms with Crippen molar-refractivity contribution < 1.29 is 9.53 Å². The number of carbonyl (C=O) groups excluding carboxylic acids is 1. The molecule has 1 unspecified atom stereocenters. The summed E-state index contributed by atoms with van der Waals surface area (Å²) in [5, 5.41) is 3.12. The topological polar surface area (TPSA) is 56.2 Å². The molecule has 4 rings (SSSR count). The van der Waals surface area contributed by atoms with Crippen LogP contribution in [0.25, 0.3) is 11.0 Å². The van der Waals surface area contributed by atoms with Gasteiger partial charge in [-0.05, 0) is 69.5 Å². The van der Waals surface area contributed by atoms with Crippen molar-refractivity contribution in [3.63, 3.8) is 0 Å². The Morgan fingerprint density at radius 3 is 2.61 bits per heavy atom. The summed E-state index contributed by atoms with van der Waals surface area (Å²) in [5.41, 5.74) is 4.91. The molecule has 4 aromatic rings. The summed E-state index contributed by atoms with van der Waals surface area (Å²) in [6, 6.07) is 23.6. The number of nitrogens with one attached hydrogen (secondary N) is 1. The third kappa shape index (κ3) is 5.43. The zero-order chi connectivity index (χ0) is 23.2. The maximum atomic E-state index is 12.8. The highest BCUT2D eigenvalue weighted by Gasteiger charge is 2.19. The molecule has 0 radical (unpaired) electrons. The van der Waals surface area contributed by atoms with Gasteiger partial charge in [-0.25, -0.2) is 4.98 Å². The SMILES string of the molecule is Cc1cccc(C(=O)NC(C)c2nc3ccccc3n2CCCCOc2ccccc2C)c1. The van der Waals surface area contributed by atoms with E-state index in [1.165, 1.54) is 0 Å². The number of carbonyl (C=O) groups is 1. The number of aromatic nitrogens is 2. The van der Waals surface area contributed by atoms with Crippen molar-refractivity contribution in [2.45, 2.75) is 46.2 Å². The lowest BCUT2D eigenvalue weighted by molar-refractivity contribution is 0.0937. The molecule has 0 aliphatic rings. The third-order valence-corrected chi connectivity index (χ3v) is 5.83. The molecule has 0 fully saturated rings. The number of aryl methyl sites for hydroxylation is 3. The number of benzene rings is 3. The Morgan fingerprint density at radius 1 is 1.00 bits per heavy atom. The van der Waals surface area contributed by atoms with Crippen LogP contribution in [0, 0.1) is 13.8 Å². The highest BCUT2D eigenvalue weighted by atomic mass is 16.5. The molecule has 1 heterocycles. The lowest BCUT2D eigenvalue weighted by Crippen LogP contribution is -2.28. The van der Waals surface area contributed by atoms with Gasteiger partial charge in [0.25, 0.3) is 5.91 Å². The van der Waals surface area contributed by atoms with E-state index in [2.05, 4.69) is 28.9 Å². The van der Waals surface area contributed by atoms with Gasteiger partial charge in [0, 0.05) is 12.1 Å². The Kier molecular flexibility index (Phi) is 7.08. The summed E-state index contributed by atoms with van der Waals surface area (Å²) in [5.74, 6) is 1.73. The molecule has 170 valence electrons. The average Bonchev–Trinajstić information content (AvgIpc) is 3.19. The van der Waals surface area contributed by atoms with Crippen LogP contribution in [0.3, 0.4) is 0 Å². The van der Waals surface area contributed by atoms with Crippen molar-refractivity contribution in [3.05, 3.63) is 95.3 Å². The van der Waals surface area contributed by atoms with E-state index in [0.29, 0.717) is 12.2 Å². The number of para-hydroxylation sites is 3. The molecular formula is C28H31N3O2. The van der Waals surface area contributed by atoms with Crippen molar-refractivity contribution in [2.24, 2.45) is 0 Å². The summed E-state index contributed by atoms with van der Waals surface area (Å²) in [6.07, 6.45) is 1.89. The van der Waals surface area contributed by atoms with Crippen molar-refractivity contribution in [1.82, 2.24) is 14.9 Å². The minimum atomic E-state index is -0.214. The van der Waals surface area contributed by atoms with E-state index >= 15 is 0 Å². The van der Waals surface area contributed by atoms with E-state index in [0.717, 1.165) is 53.1 Å². The number of unbranched alkanes of at least 4 members (excludes halogenated alkanes) is 1. The average molecular weight is 442 g/mol. The van der Waals surface area contributed by atoms with Gasteiger partial charge in [0.2, 0.25) is 0 Å². The number of hydrogen-bond acceptors (Lipinski definition) is 3. The molecule has 1 aromatic heterocycles. The molecule has 0 spiro atoms. The lowest BCUT2D eigenvalue weighted by Gasteiger charge is -2.17. The van der Waals surface area contributed by atoms with Gasteiger partial charge in [-0.15, -0.1) is 0 Å². The van der Waals surface area contributed by atoms with Crippen LogP contribution in [-0.2, 0) is 6.54 Å². The normalized spacial score (nSPS) is 12.0. The van der Waals surface area contributed by atoms with Crippen LogP contribution < -0.4 is 10.1 Å². The third-order valence-electron chi connectivity index (χ3n) is 5.83. The molecule has 0 saturated carbocycles. The Labute approximate surface area is 195 Å². The van der Waals surface area contributed by atoms with E-state index in [1.54, 1.807) is 0 Å². The highest BCUT2D eigenvalue weighted by Crippen LogP contribution is 2.22. The number of rotatable bonds is 9. The minimum absolute atomic E-state index is 0.0866. The van der Waals surface area contributed by atoms with Gasteiger partial charge in [-0.1, -0.05) is 48.0 Å². The molecule has 0 saturated heterocycles. The molecule has 1 amide bonds. The first-order valence-electron chi connectivity index (χ1n) is 11.5. The molecular weight excluding hydrogens is 410 g/mol. The summed E-state index contributed by atoms with van der Waals surface area (Å²) >= 11 is 0. The van der Waals surface area contributed by atoms with Gasteiger partial charge in [0.05, 0.1) is 23.7 Å². The zero-order valence-electron chi connectivity index (χ0n) is 19.5. The van der Waals surface area contributed by atoms with Gasteiger partial charge < -0.3 is 14.6 Å². The van der Waals surface area contributed by atoms with Crippen LogP contribution in [-0.4, -0.2) is 22.1 Å². The summed E-state index contributed by atoms with van der Waals surface area (Å²) < 4.78 is 8.18. The standard InChI is InChI=1S/C28H31N3O2/c1-20-11-10-13-23(19-20)28(32)29-22(3)27-30-24-14-5-6-15-25(24)31(27)17-8-9-18-33-26-16-7-4-12-21(26)2/h4-7,10-16,19,22H,8-9,17-18H2,1-3H3,(H,29,32). The summed E-state index contributed by atoms with van der Waals surface area (Å²) in [4.78, 5) is 17.7. The fourth-order valence-corrected chi connectivity index (χ4v) is 4.06. The molecule has 3 aromatic carbocycles. The van der Waals surface area contributed by atoms with E-state index in [1.807, 2.05) is 74.5 Å². The number of hydrogen-bond donors (Lipinski definition) is 1. The molecule has 5 nitrogen and oxygen atoms in total. The molecule has 33 heavy (non-hydrogen) atoms. The van der Waals surface area contributed by atoms with E-state index in [-0.39, 0.29) is 11.9 Å². The Balaban J connectivity index is 1.44. The van der Waals surface area contributed by atoms with Gasteiger partial charge in [0.15, 0.2) is 0 Å². The molecule has 0 bridgehead atoms. The fourth-order valence-electron chi connectivity index (χ4n) is 4.06. The van der Waals surface area contributed by atoms with Gasteiger partial charge >= 0.3 is 0 Å². The monoisotopic (exact) mass is 441 g/mol. The van der Waals surface area contributed by atoms with E-state index in [4.69, 9.17) is 9.72 Å². The van der Waals surface area contributed by atoms with Crippen molar-refractivity contribution in [3.8, 4) is 5.75 Å². The first kappa shape index (κ1) is 22.6. The van der Waals surface area contributed by atoms with E-state index in [9.17, 15) is 4.79 Å².